The first-order valence-electron chi connectivity index (χ1n) is 7.72. The second-order valence-corrected chi connectivity index (χ2v) is 4.66. The molecule has 0 aromatic carbocycles. The van der Waals surface area contributed by atoms with E-state index in [1.165, 1.54) is 4.90 Å². The number of carbonyl (C=O) groups is 2. The van der Waals surface area contributed by atoms with E-state index < -0.39 is 12.1 Å². The van der Waals surface area contributed by atoms with Crippen molar-refractivity contribution in [1.82, 2.24) is 4.90 Å². The predicted molar refractivity (Wildman–Crippen MR) is 78.6 cm³/mol. The molecule has 5 heteroatoms. The maximum atomic E-state index is 12.1. The molecule has 0 saturated heterocycles. The third-order valence-corrected chi connectivity index (χ3v) is 3.02. The van der Waals surface area contributed by atoms with Gasteiger partial charge in [-0.2, -0.15) is 0 Å². The van der Waals surface area contributed by atoms with Crippen LogP contribution in [-0.4, -0.2) is 42.8 Å². The van der Waals surface area contributed by atoms with Crippen molar-refractivity contribution in [1.29, 1.82) is 0 Å². The molecular formula is C15H29NO4. The molecule has 0 aliphatic rings. The van der Waals surface area contributed by atoms with Gasteiger partial charge in [0.1, 0.15) is 6.04 Å². The number of amides is 1. The summed E-state index contributed by atoms with van der Waals surface area (Å²) in [6.07, 6.45) is 3.86. The molecule has 5 nitrogen and oxygen atoms in total. The minimum absolute atomic E-state index is 0.310. The van der Waals surface area contributed by atoms with Crippen molar-refractivity contribution in [2.24, 2.45) is 0 Å². The third kappa shape index (κ3) is 6.78. The van der Waals surface area contributed by atoms with Crippen LogP contribution in [0.15, 0.2) is 0 Å². The zero-order valence-electron chi connectivity index (χ0n) is 13.3. The molecule has 0 aliphatic carbocycles. The molecule has 0 spiro atoms. The van der Waals surface area contributed by atoms with Gasteiger partial charge in [-0.15, -0.1) is 0 Å². The van der Waals surface area contributed by atoms with Crippen LogP contribution in [0.2, 0.25) is 0 Å². The van der Waals surface area contributed by atoms with E-state index in [4.69, 9.17) is 9.47 Å². The molecule has 0 saturated carbocycles. The first-order chi connectivity index (χ1) is 9.62. The van der Waals surface area contributed by atoms with Crippen LogP contribution in [0.4, 0.5) is 4.79 Å². The number of esters is 1. The Morgan fingerprint density at radius 2 is 1.55 bits per heavy atom. The maximum absolute atomic E-state index is 12.1. The molecule has 1 unspecified atom stereocenters. The molecule has 20 heavy (non-hydrogen) atoms. The lowest BCUT2D eigenvalue weighted by atomic mass is 10.1. The summed E-state index contributed by atoms with van der Waals surface area (Å²) in [5, 5.41) is 0. The van der Waals surface area contributed by atoms with Gasteiger partial charge in [0, 0.05) is 6.54 Å². The summed E-state index contributed by atoms with van der Waals surface area (Å²) in [5.41, 5.74) is 0. The summed E-state index contributed by atoms with van der Waals surface area (Å²) in [6.45, 7) is 8.81. The van der Waals surface area contributed by atoms with E-state index in [1.807, 2.05) is 0 Å². The highest BCUT2D eigenvalue weighted by molar-refractivity contribution is 5.81. The summed E-state index contributed by atoms with van der Waals surface area (Å²) in [6, 6.07) is -0.527. The van der Waals surface area contributed by atoms with Crippen LogP contribution in [0.1, 0.15) is 59.8 Å². The average Bonchev–Trinajstić information content (AvgIpc) is 2.42. The zero-order valence-corrected chi connectivity index (χ0v) is 13.3. The average molecular weight is 287 g/mol. The maximum Gasteiger partial charge on any atom is 0.410 e. The standard InChI is InChI=1S/C15H29NO4/c1-5-9-11-13(14(17)19-7-3)16(12-10-6-2)15(18)20-8-4/h13H,5-12H2,1-4H3. The molecule has 0 N–H and O–H groups in total. The second kappa shape index (κ2) is 11.6. The van der Waals surface area contributed by atoms with Crippen LogP contribution in [0.5, 0.6) is 0 Å². The van der Waals surface area contributed by atoms with Crippen LogP contribution in [-0.2, 0) is 14.3 Å². The summed E-state index contributed by atoms with van der Waals surface area (Å²) in [5.74, 6) is -0.329. The normalized spacial score (nSPS) is 11.8. The fourth-order valence-corrected chi connectivity index (χ4v) is 1.95. The molecule has 0 aromatic rings. The van der Waals surface area contributed by atoms with Gasteiger partial charge in [-0.1, -0.05) is 33.1 Å². The van der Waals surface area contributed by atoms with E-state index >= 15 is 0 Å². The SMILES string of the molecule is CCCCC(C(=O)OCC)N(CCCC)C(=O)OCC. The molecule has 0 radical (unpaired) electrons. The number of ether oxygens (including phenoxy) is 2. The van der Waals surface area contributed by atoms with Crippen molar-refractivity contribution in [3.63, 3.8) is 0 Å². The first-order valence-corrected chi connectivity index (χ1v) is 7.72. The first kappa shape index (κ1) is 18.7. The molecule has 0 aromatic heterocycles. The lowest BCUT2D eigenvalue weighted by Crippen LogP contribution is -2.46. The number of hydrogen-bond acceptors (Lipinski definition) is 4. The van der Waals surface area contributed by atoms with Gasteiger partial charge < -0.3 is 9.47 Å². The Morgan fingerprint density at radius 3 is 2.05 bits per heavy atom. The fraction of sp³-hybridized carbons (Fsp3) is 0.867. The number of carbonyl (C=O) groups excluding carboxylic acids is 2. The Kier molecular flexibility index (Phi) is 10.8. The molecule has 1 atom stereocenters. The van der Waals surface area contributed by atoms with E-state index in [0.29, 0.717) is 26.2 Å². The number of unbranched alkanes of at least 4 members (excludes halogenated alkanes) is 2. The Balaban J connectivity index is 4.93. The molecule has 0 rings (SSSR count). The quantitative estimate of drug-likeness (QED) is 0.578. The van der Waals surface area contributed by atoms with Gasteiger partial charge in [0.15, 0.2) is 0 Å². The van der Waals surface area contributed by atoms with Crippen molar-refractivity contribution in [2.45, 2.75) is 65.8 Å². The van der Waals surface area contributed by atoms with E-state index in [9.17, 15) is 9.59 Å². The van der Waals surface area contributed by atoms with Crippen molar-refractivity contribution in [2.75, 3.05) is 19.8 Å². The number of hydrogen-bond donors (Lipinski definition) is 0. The lowest BCUT2D eigenvalue weighted by Gasteiger charge is -2.29. The highest BCUT2D eigenvalue weighted by Gasteiger charge is 2.30. The van der Waals surface area contributed by atoms with E-state index in [2.05, 4.69) is 13.8 Å². The Labute approximate surface area is 122 Å². The summed E-state index contributed by atoms with van der Waals surface area (Å²) in [7, 11) is 0. The smallest absolute Gasteiger partial charge is 0.410 e. The number of rotatable bonds is 10. The molecular weight excluding hydrogens is 258 g/mol. The Morgan fingerprint density at radius 1 is 0.950 bits per heavy atom. The van der Waals surface area contributed by atoms with Crippen LogP contribution in [0.25, 0.3) is 0 Å². The van der Waals surface area contributed by atoms with Crippen molar-refractivity contribution in [3.8, 4) is 0 Å². The van der Waals surface area contributed by atoms with Crippen LogP contribution in [0.3, 0.4) is 0 Å². The van der Waals surface area contributed by atoms with Gasteiger partial charge >= 0.3 is 12.1 Å². The van der Waals surface area contributed by atoms with Gasteiger partial charge in [-0.25, -0.2) is 9.59 Å². The van der Waals surface area contributed by atoms with E-state index in [0.717, 1.165) is 25.7 Å². The summed E-state index contributed by atoms with van der Waals surface area (Å²) >= 11 is 0. The minimum Gasteiger partial charge on any atom is -0.464 e. The highest BCUT2D eigenvalue weighted by atomic mass is 16.6. The largest absolute Gasteiger partial charge is 0.464 e. The molecule has 0 bridgehead atoms. The Bertz CT molecular complexity index is 253. The molecule has 118 valence electrons. The monoisotopic (exact) mass is 287 g/mol. The van der Waals surface area contributed by atoms with E-state index in [-0.39, 0.29) is 5.97 Å². The summed E-state index contributed by atoms with van der Waals surface area (Å²) < 4.78 is 10.2. The van der Waals surface area contributed by atoms with Gasteiger partial charge in [0.2, 0.25) is 0 Å². The highest BCUT2D eigenvalue weighted by Crippen LogP contribution is 2.14. The van der Waals surface area contributed by atoms with Crippen molar-refractivity contribution < 1.29 is 19.1 Å². The third-order valence-electron chi connectivity index (χ3n) is 3.02. The second-order valence-electron chi connectivity index (χ2n) is 4.66. The van der Waals surface area contributed by atoms with Gasteiger partial charge in [0.25, 0.3) is 0 Å². The van der Waals surface area contributed by atoms with Crippen LogP contribution >= 0.6 is 0 Å². The number of nitrogens with zero attached hydrogens (tertiary/aromatic N) is 1. The van der Waals surface area contributed by atoms with Gasteiger partial charge in [-0.3, -0.25) is 4.90 Å². The minimum atomic E-state index is -0.527. The van der Waals surface area contributed by atoms with Gasteiger partial charge in [0.05, 0.1) is 13.2 Å². The Hall–Kier alpha value is -1.26. The molecule has 0 fully saturated rings. The summed E-state index contributed by atoms with van der Waals surface area (Å²) in [4.78, 5) is 25.7. The van der Waals surface area contributed by atoms with Crippen LogP contribution in [0, 0.1) is 0 Å². The fourth-order valence-electron chi connectivity index (χ4n) is 1.95. The zero-order chi connectivity index (χ0) is 15.4. The lowest BCUT2D eigenvalue weighted by molar-refractivity contribution is -0.149. The van der Waals surface area contributed by atoms with E-state index in [1.54, 1.807) is 13.8 Å². The van der Waals surface area contributed by atoms with Crippen LogP contribution < -0.4 is 0 Å². The topological polar surface area (TPSA) is 55.8 Å². The molecule has 0 heterocycles. The molecule has 1 amide bonds. The van der Waals surface area contributed by atoms with Crippen molar-refractivity contribution in [3.05, 3.63) is 0 Å². The predicted octanol–water partition coefficient (Wildman–Crippen LogP) is 3.37. The molecule has 0 aliphatic heterocycles. The van der Waals surface area contributed by atoms with Crippen molar-refractivity contribution >= 4 is 12.1 Å². The van der Waals surface area contributed by atoms with Gasteiger partial charge in [-0.05, 0) is 26.7 Å².